The highest BCUT2D eigenvalue weighted by Gasteiger charge is 2.50. The molecular formula is C15H16O5. The van der Waals surface area contributed by atoms with Crippen LogP contribution in [0, 0.1) is 5.92 Å². The van der Waals surface area contributed by atoms with Crippen molar-refractivity contribution in [2.45, 2.75) is 31.3 Å². The maximum absolute atomic E-state index is 12.0. The summed E-state index contributed by atoms with van der Waals surface area (Å²) in [6.07, 6.45) is 2.09. The SMILES string of the molecule is COc1cccc2c1[C@]1(CC[C@@H](C(=O)O)CC1)OC2=O. The fourth-order valence-corrected chi connectivity index (χ4v) is 3.31. The Morgan fingerprint density at radius 1 is 1.40 bits per heavy atom. The van der Waals surface area contributed by atoms with Gasteiger partial charge in [-0.05, 0) is 37.8 Å². The maximum atomic E-state index is 12.0. The van der Waals surface area contributed by atoms with Crippen LogP contribution in [-0.2, 0) is 15.1 Å². The van der Waals surface area contributed by atoms with E-state index in [1.165, 1.54) is 0 Å². The van der Waals surface area contributed by atoms with Crippen molar-refractivity contribution in [3.8, 4) is 5.75 Å². The lowest BCUT2D eigenvalue weighted by atomic mass is 9.74. The molecule has 1 saturated carbocycles. The fraction of sp³-hybridized carbons (Fsp3) is 0.467. The van der Waals surface area contributed by atoms with Gasteiger partial charge in [-0.3, -0.25) is 4.79 Å². The summed E-state index contributed by atoms with van der Waals surface area (Å²) in [5.74, 6) is -0.822. The van der Waals surface area contributed by atoms with Gasteiger partial charge in [0, 0.05) is 0 Å². The molecule has 0 saturated heterocycles. The molecular weight excluding hydrogens is 260 g/mol. The molecule has 106 valence electrons. The third kappa shape index (κ3) is 1.77. The molecule has 1 fully saturated rings. The first kappa shape index (κ1) is 13.0. The first-order chi connectivity index (χ1) is 9.57. The van der Waals surface area contributed by atoms with E-state index in [0.29, 0.717) is 37.0 Å². The van der Waals surface area contributed by atoms with Crippen LogP contribution in [-0.4, -0.2) is 24.2 Å². The second-order valence-corrected chi connectivity index (χ2v) is 5.38. The van der Waals surface area contributed by atoms with Gasteiger partial charge in [0.25, 0.3) is 0 Å². The first-order valence-electron chi connectivity index (χ1n) is 6.71. The minimum Gasteiger partial charge on any atom is -0.496 e. The molecule has 2 aliphatic rings. The predicted octanol–water partition coefficient (Wildman–Crippen LogP) is 2.34. The second-order valence-electron chi connectivity index (χ2n) is 5.38. The quantitative estimate of drug-likeness (QED) is 0.839. The van der Waals surface area contributed by atoms with Gasteiger partial charge >= 0.3 is 11.9 Å². The topological polar surface area (TPSA) is 72.8 Å². The summed E-state index contributed by atoms with van der Waals surface area (Å²) in [5.41, 5.74) is 0.625. The number of ether oxygens (including phenoxy) is 2. The van der Waals surface area contributed by atoms with Crippen molar-refractivity contribution in [3.63, 3.8) is 0 Å². The number of methoxy groups -OCH3 is 1. The number of carbonyl (C=O) groups excluding carboxylic acids is 1. The van der Waals surface area contributed by atoms with Gasteiger partial charge in [0.1, 0.15) is 11.4 Å². The molecule has 1 aliphatic carbocycles. The fourth-order valence-electron chi connectivity index (χ4n) is 3.31. The summed E-state index contributed by atoms with van der Waals surface area (Å²) in [5, 5.41) is 9.09. The number of carbonyl (C=O) groups is 2. The summed E-state index contributed by atoms with van der Waals surface area (Å²) in [6.45, 7) is 0. The van der Waals surface area contributed by atoms with E-state index < -0.39 is 11.6 Å². The number of aliphatic carboxylic acids is 1. The van der Waals surface area contributed by atoms with Gasteiger partial charge in [-0.15, -0.1) is 0 Å². The van der Waals surface area contributed by atoms with Crippen molar-refractivity contribution in [2.24, 2.45) is 5.92 Å². The Bertz CT molecular complexity index is 570. The minimum atomic E-state index is -0.774. The average Bonchev–Trinajstić information content (AvgIpc) is 2.72. The van der Waals surface area contributed by atoms with Crippen molar-refractivity contribution in [3.05, 3.63) is 29.3 Å². The zero-order chi connectivity index (χ0) is 14.3. The molecule has 0 aromatic heterocycles. The van der Waals surface area contributed by atoms with E-state index in [4.69, 9.17) is 14.6 Å². The van der Waals surface area contributed by atoms with Crippen LogP contribution in [0.25, 0.3) is 0 Å². The van der Waals surface area contributed by atoms with Crippen LogP contribution in [0.5, 0.6) is 5.75 Å². The summed E-state index contributed by atoms with van der Waals surface area (Å²) in [6, 6.07) is 5.31. The Labute approximate surface area is 116 Å². The summed E-state index contributed by atoms with van der Waals surface area (Å²) >= 11 is 0. The number of hydrogen-bond acceptors (Lipinski definition) is 4. The largest absolute Gasteiger partial charge is 0.496 e. The van der Waals surface area contributed by atoms with Crippen LogP contribution in [0.2, 0.25) is 0 Å². The third-order valence-electron chi connectivity index (χ3n) is 4.35. The molecule has 1 spiro atoms. The summed E-state index contributed by atoms with van der Waals surface area (Å²) in [4.78, 5) is 23.1. The minimum absolute atomic E-state index is 0.340. The van der Waals surface area contributed by atoms with Crippen molar-refractivity contribution in [1.82, 2.24) is 0 Å². The van der Waals surface area contributed by atoms with Gasteiger partial charge in [-0.1, -0.05) is 6.07 Å². The number of carboxylic acids is 1. The van der Waals surface area contributed by atoms with E-state index in [2.05, 4.69) is 0 Å². The Balaban J connectivity index is 1.99. The predicted molar refractivity (Wildman–Crippen MR) is 69.7 cm³/mol. The number of fused-ring (bicyclic) bond motifs is 2. The molecule has 1 aromatic carbocycles. The number of esters is 1. The molecule has 0 unspecified atom stereocenters. The molecule has 1 aromatic rings. The lowest BCUT2D eigenvalue weighted by Gasteiger charge is -2.35. The highest BCUT2D eigenvalue weighted by molar-refractivity contribution is 5.95. The van der Waals surface area contributed by atoms with Crippen molar-refractivity contribution < 1.29 is 24.2 Å². The highest BCUT2D eigenvalue weighted by atomic mass is 16.6. The lowest BCUT2D eigenvalue weighted by Crippen LogP contribution is -2.34. The van der Waals surface area contributed by atoms with E-state index in [1.807, 2.05) is 6.07 Å². The van der Waals surface area contributed by atoms with Gasteiger partial charge in [0.05, 0.1) is 24.2 Å². The second kappa shape index (κ2) is 4.51. The highest BCUT2D eigenvalue weighted by Crippen LogP contribution is 2.51. The smallest absolute Gasteiger partial charge is 0.339 e. The van der Waals surface area contributed by atoms with Gasteiger partial charge in [-0.2, -0.15) is 0 Å². The van der Waals surface area contributed by atoms with Crippen LogP contribution in [0.3, 0.4) is 0 Å². The normalized spacial score (nSPS) is 28.1. The van der Waals surface area contributed by atoms with Gasteiger partial charge in [-0.25, -0.2) is 4.79 Å². The van der Waals surface area contributed by atoms with Crippen LogP contribution in [0.4, 0.5) is 0 Å². The maximum Gasteiger partial charge on any atom is 0.339 e. The summed E-state index contributed by atoms with van der Waals surface area (Å²) < 4.78 is 11.0. The molecule has 20 heavy (non-hydrogen) atoms. The molecule has 3 rings (SSSR count). The van der Waals surface area contributed by atoms with Crippen LogP contribution < -0.4 is 4.74 Å². The van der Waals surface area contributed by atoms with Crippen LogP contribution in [0.15, 0.2) is 18.2 Å². The monoisotopic (exact) mass is 276 g/mol. The molecule has 1 heterocycles. The molecule has 1 aliphatic heterocycles. The van der Waals surface area contributed by atoms with Crippen LogP contribution >= 0.6 is 0 Å². The number of hydrogen-bond donors (Lipinski definition) is 1. The molecule has 5 nitrogen and oxygen atoms in total. The van der Waals surface area contributed by atoms with Gasteiger partial charge in [0.2, 0.25) is 0 Å². The Morgan fingerprint density at radius 2 is 2.10 bits per heavy atom. The number of rotatable bonds is 2. The molecule has 0 amide bonds. The van der Waals surface area contributed by atoms with E-state index in [-0.39, 0.29) is 11.9 Å². The first-order valence-corrected chi connectivity index (χ1v) is 6.71. The molecule has 1 N–H and O–H groups in total. The zero-order valence-electron chi connectivity index (χ0n) is 11.2. The standard InChI is InChI=1S/C15H16O5/c1-19-11-4-2-3-10-12(11)15(20-14(10)18)7-5-9(6-8-15)13(16)17/h2-4,9H,5-8H2,1H3,(H,16,17)/t9-,15-. The van der Waals surface area contributed by atoms with E-state index in [0.717, 1.165) is 5.56 Å². The Hall–Kier alpha value is -2.04. The van der Waals surface area contributed by atoms with Gasteiger partial charge < -0.3 is 14.6 Å². The molecule has 0 bridgehead atoms. The summed E-state index contributed by atoms with van der Waals surface area (Å²) in [7, 11) is 1.56. The van der Waals surface area contributed by atoms with Gasteiger partial charge in [0.15, 0.2) is 0 Å². The zero-order valence-corrected chi connectivity index (χ0v) is 11.2. The lowest BCUT2D eigenvalue weighted by molar-refractivity contribution is -0.144. The Kier molecular flexibility index (Phi) is 2.92. The van der Waals surface area contributed by atoms with Crippen LogP contribution in [0.1, 0.15) is 41.6 Å². The van der Waals surface area contributed by atoms with E-state index in [1.54, 1.807) is 19.2 Å². The third-order valence-corrected chi connectivity index (χ3v) is 4.35. The van der Waals surface area contributed by atoms with E-state index >= 15 is 0 Å². The molecule has 0 radical (unpaired) electrons. The molecule has 5 heteroatoms. The van der Waals surface area contributed by atoms with E-state index in [9.17, 15) is 9.59 Å². The number of carboxylic acid groups (broad SMARTS) is 1. The number of benzene rings is 1. The average molecular weight is 276 g/mol. The van der Waals surface area contributed by atoms with Crippen molar-refractivity contribution in [2.75, 3.05) is 7.11 Å². The van der Waals surface area contributed by atoms with Crippen molar-refractivity contribution in [1.29, 1.82) is 0 Å². The Morgan fingerprint density at radius 3 is 2.70 bits per heavy atom. The van der Waals surface area contributed by atoms with Crippen molar-refractivity contribution >= 4 is 11.9 Å². The molecule has 0 atom stereocenters.